The number of rotatable bonds is 6. The van der Waals surface area contributed by atoms with Crippen molar-refractivity contribution in [2.45, 2.75) is 11.4 Å². The minimum absolute atomic E-state index is 0.130. The lowest BCUT2D eigenvalue weighted by atomic mass is 10.2. The molecule has 7 nitrogen and oxygen atoms in total. The Hall–Kier alpha value is -2.85. The Bertz CT molecular complexity index is 1520. The highest BCUT2D eigenvalue weighted by Gasteiger charge is 2.30. The summed E-state index contributed by atoms with van der Waals surface area (Å²) in [5.74, 6) is 0.771. The third-order valence-corrected chi connectivity index (χ3v) is 9.28. The second-order valence-corrected chi connectivity index (χ2v) is 11.6. The molecule has 0 N–H and O–H groups in total. The van der Waals surface area contributed by atoms with E-state index in [2.05, 4.69) is 4.90 Å². The van der Waals surface area contributed by atoms with E-state index >= 15 is 0 Å². The monoisotopic (exact) mass is 529 g/mol. The molecule has 5 rings (SSSR count). The number of nitrogens with zero attached hydrogens (tertiary/aromatic N) is 3. The largest absolute Gasteiger partial charge is 0.495 e. The smallest absolute Gasteiger partial charge is 0.308 e. The van der Waals surface area contributed by atoms with Crippen molar-refractivity contribution < 1.29 is 13.2 Å². The molecule has 1 aliphatic heterocycles. The van der Waals surface area contributed by atoms with Crippen LogP contribution in [0, 0.1) is 0 Å². The van der Waals surface area contributed by atoms with Gasteiger partial charge in [-0.15, -0.1) is 0 Å². The van der Waals surface area contributed by atoms with E-state index in [4.69, 9.17) is 16.3 Å². The molecule has 10 heteroatoms. The summed E-state index contributed by atoms with van der Waals surface area (Å²) in [5.41, 5.74) is 2.62. The SMILES string of the molecule is COc1ccccc1N1CCN(S(=O)(=O)c2ccc3c(c2)sc(=O)n3Cc2ccc(Cl)cc2)CC1. The average molecular weight is 530 g/mol. The molecule has 1 saturated heterocycles. The van der Waals surface area contributed by atoms with E-state index < -0.39 is 10.0 Å². The molecule has 0 radical (unpaired) electrons. The summed E-state index contributed by atoms with van der Waals surface area (Å²) in [6, 6.07) is 20.0. The van der Waals surface area contributed by atoms with Crippen LogP contribution in [0.25, 0.3) is 10.2 Å². The second kappa shape index (κ2) is 9.66. The Balaban J connectivity index is 1.36. The van der Waals surface area contributed by atoms with E-state index in [0.717, 1.165) is 33.9 Å². The van der Waals surface area contributed by atoms with E-state index in [0.29, 0.717) is 42.4 Å². The molecule has 35 heavy (non-hydrogen) atoms. The zero-order valence-corrected chi connectivity index (χ0v) is 21.4. The van der Waals surface area contributed by atoms with Crippen LogP contribution in [0.5, 0.6) is 5.75 Å². The summed E-state index contributed by atoms with van der Waals surface area (Å²) in [5, 5.41) is 0.634. The number of aromatic nitrogens is 1. The molecule has 1 aromatic heterocycles. The minimum Gasteiger partial charge on any atom is -0.495 e. The number of methoxy groups -OCH3 is 1. The first-order chi connectivity index (χ1) is 16.9. The molecule has 0 spiro atoms. The molecule has 3 aromatic carbocycles. The lowest BCUT2D eigenvalue weighted by Gasteiger charge is -2.35. The van der Waals surface area contributed by atoms with Crippen LogP contribution in [-0.4, -0.2) is 50.6 Å². The number of para-hydroxylation sites is 2. The van der Waals surface area contributed by atoms with Crippen molar-refractivity contribution in [1.82, 2.24) is 8.87 Å². The Morgan fingerprint density at radius 1 is 0.971 bits per heavy atom. The van der Waals surface area contributed by atoms with Gasteiger partial charge in [0, 0.05) is 31.2 Å². The quantitative estimate of drug-likeness (QED) is 0.373. The van der Waals surface area contributed by atoms with Crippen LogP contribution < -0.4 is 14.5 Å². The van der Waals surface area contributed by atoms with Crippen LogP contribution in [0.3, 0.4) is 0 Å². The number of hydrogen-bond donors (Lipinski definition) is 0. The molecule has 0 unspecified atom stereocenters. The summed E-state index contributed by atoms with van der Waals surface area (Å²) in [6.45, 7) is 2.25. The predicted molar refractivity (Wildman–Crippen MR) is 141 cm³/mol. The van der Waals surface area contributed by atoms with Crippen molar-refractivity contribution in [2.75, 3.05) is 38.2 Å². The highest BCUT2D eigenvalue weighted by Crippen LogP contribution is 2.30. The Morgan fingerprint density at radius 3 is 2.40 bits per heavy atom. The summed E-state index contributed by atoms with van der Waals surface area (Å²) in [6.07, 6.45) is 0. The number of ether oxygens (including phenoxy) is 1. The molecule has 182 valence electrons. The normalized spacial score (nSPS) is 15.0. The van der Waals surface area contributed by atoms with Gasteiger partial charge >= 0.3 is 4.87 Å². The van der Waals surface area contributed by atoms with Gasteiger partial charge in [0.15, 0.2) is 0 Å². The standard InChI is InChI=1S/C25H24ClN3O4S2/c1-33-23-5-3-2-4-21(23)27-12-14-28(15-13-27)35(31,32)20-10-11-22-24(16-20)34-25(30)29(22)17-18-6-8-19(26)9-7-18/h2-11,16H,12-15,17H2,1H3. The maximum atomic E-state index is 13.4. The van der Waals surface area contributed by atoms with Gasteiger partial charge in [-0.3, -0.25) is 9.36 Å². The van der Waals surface area contributed by atoms with Crippen LogP contribution in [0.4, 0.5) is 5.69 Å². The second-order valence-electron chi connectivity index (χ2n) is 8.27. The molecule has 0 atom stereocenters. The fourth-order valence-corrected chi connectivity index (χ4v) is 6.92. The molecule has 2 heterocycles. The number of anilines is 1. The fraction of sp³-hybridized carbons (Fsp3) is 0.240. The first-order valence-corrected chi connectivity index (χ1v) is 13.8. The van der Waals surface area contributed by atoms with Gasteiger partial charge < -0.3 is 9.64 Å². The topological polar surface area (TPSA) is 71.8 Å². The van der Waals surface area contributed by atoms with Gasteiger partial charge in [0.05, 0.1) is 34.5 Å². The van der Waals surface area contributed by atoms with Crippen LogP contribution in [0.1, 0.15) is 5.56 Å². The van der Waals surface area contributed by atoms with E-state index in [9.17, 15) is 13.2 Å². The predicted octanol–water partition coefficient (Wildman–Crippen LogP) is 4.28. The van der Waals surface area contributed by atoms with Gasteiger partial charge in [-0.1, -0.05) is 47.2 Å². The summed E-state index contributed by atoms with van der Waals surface area (Å²) in [4.78, 5) is 14.9. The summed E-state index contributed by atoms with van der Waals surface area (Å²) < 4.78 is 36.1. The molecule has 0 bridgehead atoms. The Kier molecular flexibility index (Phi) is 6.59. The van der Waals surface area contributed by atoms with Gasteiger partial charge in [-0.05, 0) is 48.0 Å². The Labute approximate surface area is 212 Å². The average Bonchev–Trinajstić information content (AvgIpc) is 3.19. The van der Waals surface area contributed by atoms with Gasteiger partial charge in [0.1, 0.15) is 5.75 Å². The molecule has 0 amide bonds. The number of piperazine rings is 1. The van der Waals surface area contributed by atoms with Crippen molar-refractivity contribution in [3.05, 3.63) is 87.0 Å². The van der Waals surface area contributed by atoms with Crippen molar-refractivity contribution in [3.63, 3.8) is 0 Å². The highest BCUT2D eigenvalue weighted by molar-refractivity contribution is 7.89. The lowest BCUT2D eigenvalue weighted by Crippen LogP contribution is -2.48. The molecule has 4 aromatic rings. The van der Waals surface area contributed by atoms with Crippen molar-refractivity contribution in [2.24, 2.45) is 0 Å². The van der Waals surface area contributed by atoms with E-state index in [1.165, 1.54) is 4.31 Å². The van der Waals surface area contributed by atoms with Crippen LogP contribution >= 0.6 is 22.9 Å². The molecule has 1 aliphatic rings. The zero-order valence-electron chi connectivity index (χ0n) is 19.1. The van der Waals surface area contributed by atoms with Crippen LogP contribution in [0.15, 0.2) is 76.4 Å². The maximum absolute atomic E-state index is 13.4. The molecule has 0 aliphatic carbocycles. The molecular formula is C25H24ClN3O4S2. The van der Waals surface area contributed by atoms with Gasteiger partial charge in [0.2, 0.25) is 10.0 Å². The number of sulfonamides is 1. The van der Waals surface area contributed by atoms with E-state index in [1.807, 2.05) is 36.4 Å². The zero-order chi connectivity index (χ0) is 24.6. The van der Waals surface area contributed by atoms with Crippen molar-refractivity contribution in [1.29, 1.82) is 0 Å². The number of halogens is 1. The van der Waals surface area contributed by atoms with Gasteiger partial charge in [-0.25, -0.2) is 8.42 Å². The number of fused-ring (bicyclic) bond motifs is 1. The van der Waals surface area contributed by atoms with Crippen LogP contribution in [0.2, 0.25) is 5.02 Å². The summed E-state index contributed by atoms with van der Waals surface area (Å²) >= 11 is 7.02. The third-order valence-electron chi connectivity index (χ3n) is 6.20. The van der Waals surface area contributed by atoms with Crippen molar-refractivity contribution in [3.8, 4) is 5.75 Å². The number of benzene rings is 3. The van der Waals surface area contributed by atoms with Crippen molar-refractivity contribution >= 4 is 48.9 Å². The summed E-state index contributed by atoms with van der Waals surface area (Å²) in [7, 11) is -2.05. The molecule has 0 saturated carbocycles. The first-order valence-electron chi connectivity index (χ1n) is 11.1. The lowest BCUT2D eigenvalue weighted by molar-refractivity contribution is 0.378. The first kappa shape index (κ1) is 23.9. The number of hydrogen-bond acceptors (Lipinski definition) is 6. The molecule has 1 fully saturated rings. The number of thiazole rings is 1. The third kappa shape index (κ3) is 4.69. The van der Waals surface area contributed by atoms with E-state index in [-0.39, 0.29) is 9.77 Å². The van der Waals surface area contributed by atoms with Gasteiger partial charge in [-0.2, -0.15) is 4.31 Å². The Morgan fingerprint density at radius 2 is 1.69 bits per heavy atom. The minimum atomic E-state index is -3.69. The highest BCUT2D eigenvalue weighted by atomic mass is 35.5. The van der Waals surface area contributed by atoms with Gasteiger partial charge in [0.25, 0.3) is 0 Å². The van der Waals surface area contributed by atoms with Crippen LogP contribution in [-0.2, 0) is 16.6 Å². The maximum Gasteiger partial charge on any atom is 0.308 e. The van der Waals surface area contributed by atoms with E-state index in [1.54, 1.807) is 42.0 Å². The molecular weight excluding hydrogens is 506 g/mol. The fourth-order valence-electron chi connectivity index (χ4n) is 4.34.